The highest BCUT2D eigenvalue weighted by molar-refractivity contribution is 7.93. The van der Waals surface area contributed by atoms with Crippen molar-refractivity contribution in [2.75, 3.05) is 11.9 Å². The van der Waals surface area contributed by atoms with Crippen molar-refractivity contribution in [2.24, 2.45) is 0 Å². The monoisotopic (exact) mass is 255 g/mol. The van der Waals surface area contributed by atoms with Crippen molar-refractivity contribution in [1.29, 1.82) is 0 Å². The van der Waals surface area contributed by atoms with E-state index in [1.54, 1.807) is 37.1 Å². The largest absolute Gasteiger partial charge is 0.480 e. The van der Waals surface area contributed by atoms with Crippen molar-refractivity contribution in [1.82, 2.24) is 0 Å². The predicted octanol–water partition coefficient (Wildman–Crippen LogP) is 0.752. The van der Waals surface area contributed by atoms with Crippen LogP contribution in [-0.2, 0) is 14.6 Å². The van der Waals surface area contributed by atoms with Gasteiger partial charge in [0.15, 0.2) is 15.1 Å². The molecule has 92 valence electrons. The first-order valence-corrected chi connectivity index (χ1v) is 6.70. The number of carbonyl (C=O) groups is 1. The normalized spacial score (nSPS) is 26.4. The summed E-state index contributed by atoms with van der Waals surface area (Å²) in [5, 5.41) is 7.67. The molecular weight excluding hydrogens is 242 g/mol. The maximum atomic E-state index is 12.2. The molecule has 1 heterocycles. The first kappa shape index (κ1) is 11.9. The number of para-hydroxylation sites is 1. The van der Waals surface area contributed by atoms with E-state index >= 15 is 0 Å². The molecule has 0 radical (unpaired) electrons. The van der Waals surface area contributed by atoms with Crippen LogP contribution in [0.3, 0.4) is 0 Å². The Bertz CT molecular complexity index is 567. The topological polar surface area (TPSA) is 74.7 Å². The summed E-state index contributed by atoms with van der Waals surface area (Å²) in [6.45, 7) is 1.60. The summed E-state index contributed by atoms with van der Waals surface area (Å²) in [7, 11) is -2.10. The molecule has 1 aromatic rings. The summed E-state index contributed by atoms with van der Waals surface area (Å²) >= 11 is 0. The molecule has 2 atom stereocenters. The molecule has 5 nitrogen and oxygen atoms in total. The summed E-state index contributed by atoms with van der Waals surface area (Å²) in [6.07, 6.45) is 0. The number of carboxylic acid groups (broad SMARTS) is 1. The van der Waals surface area contributed by atoms with Crippen molar-refractivity contribution in [3.8, 4) is 0 Å². The summed E-state index contributed by atoms with van der Waals surface area (Å²) < 4.78 is 24.4. The van der Waals surface area contributed by atoms with E-state index in [1.165, 1.54) is 6.07 Å². The minimum absolute atomic E-state index is 0.0907. The highest BCUT2D eigenvalue weighted by Crippen LogP contribution is 2.35. The van der Waals surface area contributed by atoms with Crippen LogP contribution in [0.15, 0.2) is 29.2 Å². The smallest absolute Gasteiger partial charge is 0.324 e. The van der Waals surface area contributed by atoms with Crippen LogP contribution in [0.5, 0.6) is 0 Å². The predicted molar refractivity (Wildman–Crippen MR) is 62.9 cm³/mol. The minimum Gasteiger partial charge on any atom is -0.480 e. The number of carboxylic acids is 1. The van der Waals surface area contributed by atoms with E-state index in [4.69, 9.17) is 5.11 Å². The molecular formula is C11H13NO4S. The van der Waals surface area contributed by atoms with Crippen LogP contribution in [0.2, 0.25) is 0 Å². The maximum Gasteiger partial charge on any atom is 0.324 e. The molecule has 1 N–H and O–H groups in total. The highest BCUT2D eigenvalue weighted by atomic mass is 32.2. The van der Waals surface area contributed by atoms with Gasteiger partial charge in [-0.15, -0.1) is 0 Å². The molecule has 0 spiro atoms. The van der Waals surface area contributed by atoms with Crippen LogP contribution in [0.4, 0.5) is 5.69 Å². The number of fused-ring (bicyclic) bond motifs is 1. The molecule has 0 fully saturated rings. The molecule has 1 aromatic carbocycles. The van der Waals surface area contributed by atoms with Gasteiger partial charge in [-0.05, 0) is 19.1 Å². The second kappa shape index (κ2) is 3.73. The summed E-state index contributed by atoms with van der Waals surface area (Å²) in [6, 6.07) is 5.87. The summed E-state index contributed by atoms with van der Waals surface area (Å²) in [5.41, 5.74) is 0.553. The van der Waals surface area contributed by atoms with Crippen molar-refractivity contribution in [2.45, 2.75) is 23.1 Å². The number of nitrogens with zero attached hydrogens (tertiary/aromatic N) is 1. The van der Waals surface area contributed by atoms with Crippen molar-refractivity contribution >= 4 is 21.5 Å². The lowest BCUT2D eigenvalue weighted by Gasteiger charge is -2.37. The molecule has 0 amide bonds. The van der Waals surface area contributed by atoms with Gasteiger partial charge in [0.05, 0.1) is 16.6 Å². The molecule has 2 rings (SSSR count). The van der Waals surface area contributed by atoms with E-state index < -0.39 is 27.1 Å². The zero-order valence-corrected chi connectivity index (χ0v) is 10.3. The van der Waals surface area contributed by atoms with Crippen LogP contribution >= 0.6 is 0 Å². The number of anilines is 1. The van der Waals surface area contributed by atoms with Gasteiger partial charge < -0.3 is 10.0 Å². The molecule has 0 bridgehead atoms. The first-order valence-electron chi connectivity index (χ1n) is 5.16. The van der Waals surface area contributed by atoms with Gasteiger partial charge in [0, 0.05) is 7.05 Å². The van der Waals surface area contributed by atoms with Crippen LogP contribution in [0.25, 0.3) is 0 Å². The SMILES string of the molecule is CC1C(C(=O)O)S(=O)(=O)c2ccccc2N1C. The second-order valence-electron chi connectivity index (χ2n) is 4.12. The quantitative estimate of drug-likeness (QED) is 0.801. The number of hydrogen-bond donors (Lipinski definition) is 1. The Morgan fingerprint density at radius 3 is 2.53 bits per heavy atom. The third-order valence-corrected chi connectivity index (χ3v) is 5.40. The van der Waals surface area contributed by atoms with Crippen LogP contribution in [0.1, 0.15) is 6.92 Å². The lowest BCUT2D eigenvalue weighted by molar-refractivity contribution is -0.136. The van der Waals surface area contributed by atoms with E-state index in [0.717, 1.165) is 0 Å². The third kappa shape index (κ3) is 1.59. The highest BCUT2D eigenvalue weighted by Gasteiger charge is 2.45. The van der Waals surface area contributed by atoms with Crippen LogP contribution in [-0.4, -0.2) is 37.8 Å². The first-order chi connectivity index (χ1) is 7.87. The van der Waals surface area contributed by atoms with Gasteiger partial charge in [-0.2, -0.15) is 0 Å². The van der Waals surface area contributed by atoms with Gasteiger partial charge in [-0.25, -0.2) is 8.42 Å². The Kier molecular flexibility index (Phi) is 2.61. The van der Waals surface area contributed by atoms with Crippen molar-refractivity contribution in [3.63, 3.8) is 0 Å². The third-order valence-electron chi connectivity index (χ3n) is 3.18. The Morgan fingerprint density at radius 2 is 1.94 bits per heavy atom. The molecule has 1 aliphatic heterocycles. The number of aliphatic carboxylic acids is 1. The maximum absolute atomic E-state index is 12.2. The van der Waals surface area contributed by atoms with E-state index in [2.05, 4.69) is 0 Å². The van der Waals surface area contributed by atoms with E-state index in [-0.39, 0.29) is 4.90 Å². The molecule has 1 aliphatic rings. The lowest BCUT2D eigenvalue weighted by Crippen LogP contribution is -2.51. The lowest BCUT2D eigenvalue weighted by atomic mass is 10.1. The van der Waals surface area contributed by atoms with Gasteiger partial charge in [-0.1, -0.05) is 12.1 Å². The van der Waals surface area contributed by atoms with Gasteiger partial charge in [-0.3, -0.25) is 4.79 Å². The molecule has 0 saturated carbocycles. The van der Waals surface area contributed by atoms with E-state index in [1.807, 2.05) is 0 Å². The van der Waals surface area contributed by atoms with Crippen LogP contribution in [0, 0.1) is 0 Å². The molecule has 0 saturated heterocycles. The average Bonchev–Trinajstić information content (AvgIpc) is 2.25. The molecule has 6 heteroatoms. The number of sulfone groups is 1. The van der Waals surface area contributed by atoms with E-state index in [0.29, 0.717) is 5.69 Å². The zero-order valence-electron chi connectivity index (χ0n) is 9.49. The number of benzene rings is 1. The second-order valence-corrected chi connectivity index (χ2v) is 6.16. The minimum atomic E-state index is -3.81. The Balaban J connectivity index is 2.72. The molecule has 0 aromatic heterocycles. The Hall–Kier alpha value is -1.56. The van der Waals surface area contributed by atoms with Crippen molar-refractivity contribution < 1.29 is 18.3 Å². The fourth-order valence-electron chi connectivity index (χ4n) is 2.15. The fraction of sp³-hybridized carbons (Fsp3) is 0.364. The van der Waals surface area contributed by atoms with E-state index in [9.17, 15) is 13.2 Å². The van der Waals surface area contributed by atoms with Gasteiger partial charge in [0.25, 0.3) is 0 Å². The Morgan fingerprint density at radius 1 is 1.35 bits per heavy atom. The number of rotatable bonds is 1. The summed E-state index contributed by atoms with van der Waals surface area (Å²) in [4.78, 5) is 12.9. The van der Waals surface area contributed by atoms with Gasteiger partial charge in [0.1, 0.15) is 0 Å². The standard InChI is InChI=1S/C11H13NO4S/c1-7-10(11(13)14)17(15,16)9-6-4-3-5-8(9)12(7)2/h3-7,10H,1-2H3,(H,13,14). The van der Waals surface area contributed by atoms with Crippen LogP contribution < -0.4 is 4.90 Å². The summed E-state index contributed by atoms with van der Waals surface area (Å²) in [5.74, 6) is -1.31. The Labute approximate surface area is 99.6 Å². The fourth-order valence-corrected chi connectivity index (χ4v) is 4.16. The van der Waals surface area contributed by atoms with Crippen molar-refractivity contribution in [3.05, 3.63) is 24.3 Å². The molecule has 0 aliphatic carbocycles. The molecule has 17 heavy (non-hydrogen) atoms. The average molecular weight is 255 g/mol. The number of hydrogen-bond acceptors (Lipinski definition) is 4. The van der Waals surface area contributed by atoms with Gasteiger partial charge >= 0.3 is 5.97 Å². The van der Waals surface area contributed by atoms with Gasteiger partial charge in [0.2, 0.25) is 0 Å². The molecule has 2 unspecified atom stereocenters. The zero-order chi connectivity index (χ0) is 12.8.